The van der Waals surface area contributed by atoms with E-state index in [4.69, 9.17) is 9.84 Å². The van der Waals surface area contributed by atoms with Crippen molar-refractivity contribution in [3.63, 3.8) is 0 Å². The number of allylic oxidation sites excluding steroid dienone is 2. The minimum Gasteiger partial charge on any atom is -0.481 e. The van der Waals surface area contributed by atoms with Crippen LogP contribution in [0.15, 0.2) is 54.6 Å². The number of aliphatic hydroxyl groups is 1. The summed E-state index contributed by atoms with van der Waals surface area (Å²) in [6.07, 6.45) is 16.3. The topological polar surface area (TPSA) is 66.8 Å². The maximum absolute atomic E-state index is 10.7. The monoisotopic (exact) mass is 426 g/mol. The minimum absolute atomic E-state index is 0.0134. The van der Waals surface area contributed by atoms with Gasteiger partial charge in [0, 0.05) is 17.8 Å². The number of unbranched alkanes of at least 4 members (excludes halogenated alkanes) is 3. The number of carbonyl (C=O) groups is 1. The van der Waals surface area contributed by atoms with Crippen molar-refractivity contribution in [1.29, 1.82) is 0 Å². The Hall–Kier alpha value is -1.91. The number of ether oxygens (including phenoxy) is 1. The second kappa shape index (κ2) is 11.6. The van der Waals surface area contributed by atoms with Gasteiger partial charge in [0.15, 0.2) is 0 Å². The van der Waals surface area contributed by atoms with Crippen LogP contribution in [0.3, 0.4) is 0 Å². The molecule has 2 bridgehead atoms. The molecule has 1 aliphatic heterocycles. The summed E-state index contributed by atoms with van der Waals surface area (Å²) in [7, 11) is 0. The Balaban J connectivity index is 1.71. The van der Waals surface area contributed by atoms with Gasteiger partial charge in [-0.25, -0.2) is 0 Å². The quantitative estimate of drug-likeness (QED) is 0.316. The Kier molecular flexibility index (Phi) is 8.91. The molecule has 3 rings (SSSR count). The van der Waals surface area contributed by atoms with Gasteiger partial charge in [0.1, 0.15) is 0 Å². The molecule has 2 fully saturated rings. The lowest BCUT2D eigenvalue weighted by Crippen LogP contribution is -2.39. The van der Waals surface area contributed by atoms with Crippen molar-refractivity contribution < 1.29 is 19.7 Å². The Morgan fingerprint density at radius 2 is 2.03 bits per heavy atom. The van der Waals surface area contributed by atoms with Gasteiger partial charge in [0.25, 0.3) is 0 Å². The third-order valence-electron chi connectivity index (χ3n) is 7.05. The predicted octanol–water partition coefficient (Wildman–Crippen LogP) is 5.66. The highest BCUT2D eigenvalue weighted by atomic mass is 16.5. The number of carboxylic acid groups (broad SMARTS) is 1. The summed E-state index contributed by atoms with van der Waals surface area (Å²) >= 11 is 0. The molecule has 1 saturated carbocycles. The Bertz CT molecular complexity index is 741. The lowest BCUT2D eigenvalue weighted by molar-refractivity contribution is -0.137. The maximum Gasteiger partial charge on any atom is 0.303 e. The van der Waals surface area contributed by atoms with E-state index in [0.29, 0.717) is 18.3 Å². The van der Waals surface area contributed by atoms with E-state index < -0.39 is 5.97 Å². The zero-order valence-electron chi connectivity index (χ0n) is 18.8. The van der Waals surface area contributed by atoms with Crippen LogP contribution in [0.25, 0.3) is 0 Å². The molecule has 0 amide bonds. The molecule has 1 heterocycles. The van der Waals surface area contributed by atoms with E-state index in [-0.39, 0.29) is 24.0 Å². The molecule has 0 unspecified atom stereocenters. The van der Waals surface area contributed by atoms with Crippen molar-refractivity contribution in [2.45, 2.75) is 82.3 Å². The van der Waals surface area contributed by atoms with Gasteiger partial charge in [-0.1, -0.05) is 80.8 Å². The number of fused-ring (bicyclic) bond motifs is 2. The third kappa shape index (κ3) is 6.08. The molecule has 2 aliphatic rings. The number of hydrogen-bond acceptors (Lipinski definition) is 3. The zero-order valence-corrected chi connectivity index (χ0v) is 18.8. The molecule has 0 radical (unpaired) electrons. The summed E-state index contributed by atoms with van der Waals surface area (Å²) in [6, 6.07) is 10.7. The molecule has 0 aromatic heterocycles. The molecule has 4 heteroatoms. The van der Waals surface area contributed by atoms with Gasteiger partial charge in [0.05, 0.1) is 18.8 Å². The van der Waals surface area contributed by atoms with Crippen LogP contribution < -0.4 is 0 Å². The fourth-order valence-electron chi connectivity index (χ4n) is 5.38. The Morgan fingerprint density at radius 3 is 2.77 bits per heavy atom. The van der Waals surface area contributed by atoms with Gasteiger partial charge in [0.2, 0.25) is 0 Å². The number of rotatable bonds is 13. The van der Waals surface area contributed by atoms with E-state index >= 15 is 0 Å². The molecular weight excluding hydrogens is 388 g/mol. The van der Waals surface area contributed by atoms with Crippen LogP contribution in [0.5, 0.6) is 0 Å². The summed E-state index contributed by atoms with van der Waals surface area (Å²) in [5, 5.41) is 19.2. The van der Waals surface area contributed by atoms with Crippen LogP contribution in [0.4, 0.5) is 0 Å². The molecule has 1 saturated heterocycles. The molecule has 0 spiro atoms. The average Bonchev–Trinajstić information content (AvgIpc) is 3.33. The summed E-state index contributed by atoms with van der Waals surface area (Å²) in [6.45, 7) is 2.93. The van der Waals surface area contributed by atoms with E-state index in [1.54, 1.807) is 0 Å². The van der Waals surface area contributed by atoms with Gasteiger partial charge in [-0.2, -0.15) is 0 Å². The summed E-state index contributed by atoms with van der Waals surface area (Å²) in [5.41, 5.74) is 1.36. The van der Waals surface area contributed by atoms with Crippen LogP contribution in [0.1, 0.15) is 70.3 Å². The van der Waals surface area contributed by atoms with Crippen LogP contribution in [0.2, 0.25) is 0 Å². The molecule has 1 aliphatic carbocycles. The smallest absolute Gasteiger partial charge is 0.303 e. The first kappa shape index (κ1) is 23.7. The maximum atomic E-state index is 10.7. The molecule has 31 heavy (non-hydrogen) atoms. The van der Waals surface area contributed by atoms with E-state index in [1.807, 2.05) is 6.08 Å². The van der Waals surface area contributed by atoms with Gasteiger partial charge in [-0.15, -0.1) is 0 Å². The van der Waals surface area contributed by atoms with E-state index in [2.05, 4.69) is 55.5 Å². The highest BCUT2D eigenvalue weighted by molar-refractivity contribution is 5.66. The fraction of sp³-hybridized carbons (Fsp3) is 0.593. The molecule has 170 valence electrons. The first-order chi connectivity index (χ1) is 15.1. The number of benzene rings is 1. The summed E-state index contributed by atoms with van der Waals surface area (Å²) in [4.78, 5) is 10.7. The van der Waals surface area contributed by atoms with Crippen molar-refractivity contribution in [2.24, 2.45) is 11.8 Å². The first-order valence-corrected chi connectivity index (χ1v) is 12.0. The standard InChI is InChI=1S/C27H38O4/c1-2-3-7-14-22(28)17-18-23-24(15-10-4-5-11-16-26(29)30)27(19-25(23)31-20-27)21-12-8-6-9-13-21/h4,6,8-10,12-13,17-18,22-25,28H,2-3,5,7,11,14-16,19-20H2,1H3,(H,29,30)/b10-4-,18-17+/t22-,23-,24-,25-,27-/m0/s1. The minimum atomic E-state index is -0.732. The zero-order chi connectivity index (χ0) is 22.1. The summed E-state index contributed by atoms with van der Waals surface area (Å²) < 4.78 is 6.23. The van der Waals surface area contributed by atoms with Crippen molar-refractivity contribution in [2.75, 3.05) is 6.61 Å². The second-order valence-corrected chi connectivity index (χ2v) is 9.20. The van der Waals surface area contributed by atoms with Gasteiger partial charge < -0.3 is 14.9 Å². The summed E-state index contributed by atoms with van der Waals surface area (Å²) in [5.74, 6) is -0.0219. The number of aliphatic hydroxyl groups excluding tert-OH is 1. The van der Waals surface area contributed by atoms with Crippen molar-refractivity contribution in [1.82, 2.24) is 0 Å². The fourth-order valence-corrected chi connectivity index (χ4v) is 5.38. The number of carboxylic acids is 1. The lowest BCUT2D eigenvalue weighted by atomic mass is 9.69. The van der Waals surface area contributed by atoms with E-state index in [0.717, 1.165) is 51.6 Å². The van der Waals surface area contributed by atoms with Crippen molar-refractivity contribution in [3.05, 3.63) is 60.2 Å². The van der Waals surface area contributed by atoms with Crippen LogP contribution in [0, 0.1) is 11.8 Å². The molecular formula is C27H38O4. The van der Waals surface area contributed by atoms with Crippen LogP contribution >= 0.6 is 0 Å². The number of aliphatic carboxylic acids is 1. The first-order valence-electron chi connectivity index (χ1n) is 12.0. The number of hydrogen-bond donors (Lipinski definition) is 2. The van der Waals surface area contributed by atoms with E-state index in [1.165, 1.54) is 5.56 Å². The largest absolute Gasteiger partial charge is 0.481 e. The van der Waals surface area contributed by atoms with Gasteiger partial charge in [-0.05, 0) is 43.6 Å². The highest BCUT2D eigenvalue weighted by Gasteiger charge is 2.58. The third-order valence-corrected chi connectivity index (χ3v) is 7.05. The molecule has 1 aromatic carbocycles. The van der Waals surface area contributed by atoms with Crippen molar-refractivity contribution >= 4 is 5.97 Å². The Labute approximate surface area is 187 Å². The molecule has 5 atom stereocenters. The highest BCUT2D eigenvalue weighted by Crippen LogP contribution is 2.57. The molecule has 1 aromatic rings. The van der Waals surface area contributed by atoms with Gasteiger partial charge in [-0.3, -0.25) is 4.79 Å². The van der Waals surface area contributed by atoms with Crippen molar-refractivity contribution in [3.8, 4) is 0 Å². The Morgan fingerprint density at radius 1 is 1.23 bits per heavy atom. The predicted molar refractivity (Wildman–Crippen MR) is 124 cm³/mol. The van der Waals surface area contributed by atoms with Crippen LogP contribution in [-0.2, 0) is 14.9 Å². The van der Waals surface area contributed by atoms with E-state index in [9.17, 15) is 9.90 Å². The SMILES string of the molecule is CCCCC[C@H](O)/C=C/[C@@H]1[C@@H]2C[C@@](c3ccccc3)(CO2)[C@H]1C/C=C\CCCC(=O)O. The van der Waals surface area contributed by atoms with Crippen LogP contribution in [-0.4, -0.2) is 35.0 Å². The molecule has 4 nitrogen and oxygen atoms in total. The second-order valence-electron chi connectivity index (χ2n) is 9.20. The average molecular weight is 427 g/mol. The lowest BCUT2D eigenvalue weighted by Gasteiger charge is -2.38. The van der Waals surface area contributed by atoms with Gasteiger partial charge >= 0.3 is 5.97 Å². The molecule has 2 N–H and O–H groups in total. The normalized spacial score (nSPS) is 28.6.